The summed E-state index contributed by atoms with van der Waals surface area (Å²) in [5, 5.41) is 9.58. The van der Waals surface area contributed by atoms with Gasteiger partial charge in [-0.25, -0.2) is 0 Å². The van der Waals surface area contributed by atoms with Gasteiger partial charge < -0.3 is 15.7 Å². The molecule has 0 aromatic carbocycles. The first kappa shape index (κ1) is 14.8. The van der Waals surface area contributed by atoms with E-state index in [1.807, 2.05) is 11.8 Å². The first-order chi connectivity index (χ1) is 9.08. The molecule has 4 heteroatoms. The highest BCUT2D eigenvalue weighted by atomic mass is 16.3. The SMILES string of the molecule is CC(O)C1CCN(C(=O)CC2CCCCC2N)CC1. The van der Waals surface area contributed by atoms with E-state index in [-0.39, 0.29) is 18.1 Å². The van der Waals surface area contributed by atoms with Gasteiger partial charge in [0.05, 0.1) is 6.10 Å². The summed E-state index contributed by atoms with van der Waals surface area (Å²) in [5.41, 5.74) is 6.11. The minimum atomic E-state index is -0.246. The van der Waals surface area contributed by atoms with Crippen molar-refractivity contribution in [2.75, 3.05) is 13.1 Å². The van der Waals surface area contributed by atoms with Gasteiger partial charge in [-0.05, 0) is 44.4 Å². The number of nitrogens with two attached hydrogens (primary N) is 1. The molecule has 1 heterocycles. The minimum Gasteiger partial charge on any atom is -0.393 e. The average Bonchev–Trinajstić information content (AvgIpc) is 2.41. The number of piperidine rings is 1. The summed E-state index contributed by atoms with van der Waals surface area (Å²) < 4.78 is 0. The lowest BCUT2D eigenvalue weighted by molar-refractivity contribution is -0.134. The lowest BCUT2D eigenvalue weighted by Crippen LogP contribution is -2.43. The average molecular weight is 268 g/mol. The second kappa shape index (κ2) is 6.71. The van der Waals surface area contributed by atoms with Crippen LogP contribution in [0.4, 0.5) is 0 Å². The fraction of sp³-hybridized carbons (Fsp3) is 0.933. The van der Waals surface area contributed by atoms with Gasteiger partial charge in [0.1, 0.15) is 0 Å². The molecular formula is C15H28N2O2. The molecule has 0 aromatic heterocycles. The Kier molecular flexibility index (Phi) is 5.22. The maximum absolute atomic E-state index is 12.3. The number of carbonyl (C=O) groups excluding carboxylic acids is 1. The number of hydrogen-bond acceptors (Lipinski definition) is 3. The highest BCUT2D eigenvalue weighted by molar-refractivity contribution is 5.76. The highest BCUT2D eigenvalue weighted by Crippen LogP contribution is 2.27. The topological polar surface area (TPSA) is 66.6 Å². The monoisotopic (exact) mass is 268 g/mol. The number of amides is 1. The molecule has 1 amide bonds. The summed E-state index contributed by atoms with van der Waals surface area (Å²) in [6.07, 6.45) is 6.85. The van der Waals surface area contributed by atoms with Crippen LogP contribution in [0.2, 0.25) is 0 Å². The standard InChI is InChI=1S/C15H28N2O2/c1-11(18)12-6-8-17(9-7-12)15(19)10-13-4-2-3-5-14(13)16/h11-14,18H,2-10,16H2,1H3. The maximum Gasteiger partial charge on any atom is 0.222 e. The van der Waals surface area contributed by atoms with Crippen LogP contribution in [0.5, 0.6) is 0 Å². The van der Waals surface area contributed by atoms with Crippen molar-refractivity contribution in [3.05, 3.63) is 0 Å². The molecule has 2 rings (SSSR count). The zero-order valence-corrected chi connectivity index (χ0v) is 12.1. The molecule has 0 bridgehead atoms. The molecule has 4 nitrogen and oxygen atoms in total. The molecule has 0 spiro atoms. The van der Waals surface area contributed by atoms with Crippen LogP contribution in [-0.2, 0) is 4.79 Å². The zero-order chi connectivity index (χ0) is 13.8. The summed E-state index contributed by atoms with van der Waals surface area (Å²) in [7, 11) is 0. The van der Waals surface area contributed by atoms with Crippen LogP contribution in [-0.4, -0.2) is 41.1 Å². The number of aliphatic hydroxyl groups excluding tert-OH is 1. The van der Waals surface area contributed by atoms with E-state index in [2.05, 4.69) is 0 Å². The highest BCUT2D eigenvalue weighted by Gasteiger charge is 2.29. The number of rotatable bonds is 3. The number of nitrogens with zero attached hydrogens (tertiary/aromatic N) is 1. The Morgan fingerprint density at radius 2 is 1.89 bits per heavy atom. The Morgan fingerprint density at radius 3 is 2.47 bits per heavy atom. The fourth-order valence-corrected chi connectivity index (χ4v) is 3.47. The predicted octanol–water partition coefficient (Wildman–Crippen LogP) is 1.51. The second-order valence-electron chi connectivity index (χ2n) is 6.37. The van der Waals surface area contributed by atoms with E-state index in [0.717, 1.165) is 38.8 Å². The Morgan fingerprint density at radius 1 is 1.26 bits per heavy atom. The van der Waals surface area contributed by atoms with E-state index < -0.39 is 0 Å². The summed E-state index contributed by atoms with van der Waals surface area (Å²) >= 11 is 0. The molecule has 0 aromatic rings. The number of hydrogen-bond donors (Lipinski definition) is 2. The van der Waals surface area contributed by atoms with Gasteiger partial charge in [-0.2, -0.15) is 0 Å². The van der Waals surface area contributed by atoms with Crippen LogP contribution >= 0.6 is 0 Å². The van der Waals surface area contributed by atoms with Crippen molar-refractivity contribution in [3.63, 3.8) is 0 Å². The van der Waals surface area contributed by atoms with Crippen LogP contribution in [0.1, 0.15) is 51.9 Å². The summed E-state index contributed by atoms with van der Waals surface area (Å²) in [6.45, 7) is 3.45. The van der Waals surface area contributed by atoms with Crippen LogP contribution in [0.25, 0.3) is 0 Å². The van der Waals surface area contributed by atoms with Gasteiger partial charge in [0, 0.05) is 25.6 Å². The van der Waals surface area contributed by atoms with E-state index in [0.29, 0.717) is 18.3 Å². The van der Waals surface area contributed by atoms with E-state index in [4.69, 9.17) is 5.73 Å². The third-order valence-electron chi connectivity index (χ3n) is 4.98. The Balaban J connectivity index is 1.78. The van der Waals surface area contributed by atoms with Gasteiger partial charge in [0.15, 0.2) is 0 Å². The quantitative estimate of drug-likeness (QED) is 0.815. The number of aliphatic hydroxyl groups is 1. The Bertz CT molecular complexity index is 299. The minimum absolute atomic E-state index is 0.215. The van der Waals surface area contributed by atoms with Crippen LogP contribution in [0.3, 0.4) is 0 Å². The van der Waals surface area contributed by atoms with E-state index in [1.54, 1.807) is 0 Å². The summed E-state index contributed by atoms with van der Waals surface area (Å²) in [6, 6.07) is 0.215. The van der Waals surface area contributed by atoms with Crippen molar-refractivity contribution >= 4 is 5.91 Å². The summed E-state index contributed by atoms with van der Waals surface area (Å²) in [5.74, 6) is 1.02. The number of carbonyl (C=O) groups is 1. The van der Waals surface area contributed by atoms with E-state index >= 15 is 0 Å². The van der Waals surface area contributed by atoms with E-state index in [1.165, 1.54) is 12.8 Å². The molecule has 0 radical (unpaired) electrons. The molecule has 1 saturated heterocycles. The van der Waals surface area contributed by atoms with Crippen molar-refractivity contribution in [2.24, 2.45) is 17.6 Å². The van der Waals surface area contributed by atoms with Crippen LogP contribution < -0.4 is 5.73 Å². The van der Waals surface area contributed by atoms with Gasteiger partial charge in [-0.1, -0.05) is 12.8 Å². The van der Waals surface area contributed by atoms with Crippen molar-refractivity contribution < 1.29 is 9.90 Å². The molecule has 3 atom stereocenters. The van der Waals surface area contributed by atoms with Gasteiger partial charge in [0.2, 0.25) is 5.91 Å². The van der Waals surface area contributed by atoms with E-state index in [9.17, 15) is 9.90 Å². The van der Waals surface area contributed by atoms with Crippen molar-refractivity contribution in [3.8, 4) is 0 Å². The van der Waals surface area contributed by atoms with Crippen LogP contribution in [0, 0.1) is 11.8 Å². The van der Waals surface area contributed by atoms with Gasteiger partial charge in [-0.3, -0.25) is 4.79 Å². The smallest absolute Gasteiger partial charge is 0.222 e. The van der Waals surface area contributed by atoms with Crippen molar-refractivity contribution in [1.82, 2.24) is 4.90 Å². The fourth-order valence-electron chi connectivity index (χ4n) is 3.47. The van der Waals surface area contributed by atoms with Gasteiger partial charge in [0.25, 0.3) is 0 Å². The second-order valence-corrected chi connectivity index (χ2v) is 6.37. The van der Waals surface area contributed by atoms with Crippen molar-refractivity contribution in [1.29, 1.82) is 0 Å². The molecule has 19 heavy (non-hydrogen) atoms. The molecular weight excluding hydrogens is 240 g/mol. The van der Waals surface area contributed by atoms with Crippen LogP contribution in [0.15, 0.2) is 0 Å². The van der Waals surface area contributed by atoms with Crippen molar-refractivity contribution in [2.45, 2.75) is 64.0 Å². The third-order valence-corrected chi connectivity index (χ3v) is 4.98. The molecule has 1 aliphatic heterocycles. The van der Waals surface area contributed by atoms with Gasteiger partial charge in [-0.15, -0.1) is 0 Å². The van der Waals surface area contributed by atoms with Gasteiger partial charge >= 0.3 is 0 Å². The molecule has 3 unspecified atom stereocenters. The normalized spacial score (nSPS) is 31.2. The first-order valence-corrected chi connectivity index (χ1v) is 7.79. The molecule has 2 aliphatic rings. The largest absolute Gasteiger partial charge is 0.393 e. The molecule has 110 valence electrons. The predicted molar refractivity (Wildman–Crippen MR) is 75.5 cm³/mol. The molecule has 2 fully saturated rings. The molecule has 1 saturated carbocycles. The summed E-state index contributed by atoms with van der Waals surface area (Å²) in [4.78, 5) is 14.3. The lowest BCUT2D eigenvalue weighted by atomic mass is 9.82. The molecule has 1 aliphatic carbocycles. The first-order valence-electron chi connectivity index (χ1n) is 7.79. The Labute approximate surface area is 116 Å². The molecule has 3 N–H and O–H groups in total. The Hall–Kier alpha value is -0.610. The lowest BCUT2D eigenvalue weighted by Gasteiger charge is -2.35. The third kappa shape index (κ3) is 3.93. The zero-order valence-electron chi connectivity index (χ0n) is 12.1. The number of likely N-dealkylation sites (tertiary alicyclic amines) is 1. The maximum atomic E-state index is 12.3.